The molecule has 0 bridgehead atoms. The molecular formula is C18H15ClFN5OS. The molecule has 0 unspecified atom stereocenters. The van der Waals surface area contributed by atoms with Crippen molar-refractivity contribution in [1.29, 1.82) is 0 Å². The van der Waals surface area contributed by atoms with Crippen molar-refractivity contribution >= 4 is 35.5 Å². The molecule has 1 N–H and O–H groups in total. The number of hydrazone groups is 1. The average Bonchev–Trinajstić information content (AvgIpc) is 3.02. The summed E-state index contributed by atoms with van der Waals surface area (Å²) in [5.74, 6) is 0.177. The van der Waals surface area contributed by atoms with Gasteiger partial charge in [0.1, 0.15) is 5.82 Å². The first-order chi connectivity index (χ1) is 13.0. The second-order valence-corrected chi connectivity index (χ2v) is 6.89. The predicted octanol–water partition coefficient (Wildman–Crippen LogP) is 3.52. The highest BCUT2D eigenvalue weighted by Gasteiger charge is 2.13. The largest absolute Gasteiger partial charge is 0.305 e. The van der Waals surface area contributed by atoms with Crippen molar-refractivity contribution in [2.45, 2.75) is 5.16 Å². The van der Waals surface area contributed by atoms with Crippen LogP contribution in [-0.2, 0) is 11.8 Å². The number of carbonyl (C=O) groups is 1. The van der Waals surface area contributed by atoms with Gasteiger partial charge in [-0.15, -0.1) is 10.2 Å². The van der Waals surface area contributed by atoms with Gasteiger partial charge in [-0.25, -0.2) is 9.82 Å². The van der Waals surface area contributed by atoms with Crippen LogP contribution in [0.4, 0.5) is 4.39 Å². The minimum absolute atomic E-state index is 0.127. The number of nitrogens with one attached hydrogen (secondary N) is 1. The molecule has 0 saturated heterocycles. The monoisotopic (exact) mass is 403 g/mol. The van der Waals surface area contributed by atoms with E-state index in [1.165, 1.54) is 30.1 Å². The number of hydrogen-bond donors (Lipinski definition) is 1. The van der Waals surface area contributed by atoms with E-state index in [1.54, 1.807) is 28.8 Å². The maximum absolute atomic E-state index is 12.8. The minimum Gasteiger partial charge on any atom is -0.305 e. The molecule has 1 heterocycles. The van der Waals surface area contributed by atoms with Gasteiger partial charge in [-0.3, -0.25) is 4.79 Å². The van der Waals surface area contributed by atoms with Crippen molar-refractivity contribution < 1.29 is 9.18 Å². The SMILES string of the molecule is Cn1c(SCC(=O)N/N=C\c2ccc(F)cc2)nnc1-c1cccc(Cl)c1. The topological polar surface area (TPSA) is 72.2 Å². The van der Waals surface area contributed by atoms with Gasteiger partial charge in [0.2, 0.25) is 0 Å². The molecule has 27 heavy (non-hydrogen) atoms. The van der Waals surface area contributed by atoms with Gasteiger partial charge in [-0.05, 0) is 29.8 Å². The van der Waals surface area contributed by atoms with E-state index in [0.717, 1.165) is 5.56 Å². The van der Waals surface area contributed by atoms with Crippen LogP contribution < -0.4 is 5.43 Å². The summed E-state index contributed by atoms with van der Waals surface area (Å²) in [6.07, 6.45) is 1.45. The van der Waals surface area contributed by atoms with Crippen molar-refractivity contribution in [3.05, 3.63) is 64.9 Å². The molecular weight excluding hydrogens is 389 g/mol. The predicted molar refractivity (Wildman–Crippen MR) is 104 cm³/mol. The maximum Gasteiger partial charge on any atom is 0.250 e. The van der Waals surface area contributed by atoms with Gasteiger partial charge in [-0.1, -0.05) is 47.6 Å². The summed E-state index contributed by atoms with van der Waals surface area (Å²) in [4.78, 5) is 11.9. The summed E-state index contributed by atoms with van der Waals surface area (Å²) < 4.78 is 14.6. The second-order valence-electron chi connectivity index (χ2n) is 5.51. The number of halogens is 2. The lowest BCUT2D eigenvalue weighted by Gasteiger charge is -2.04. The highest BCUT2D eigenvalue weighted by atomic mass is 35.5. The Kier molecular flexibility index (Phi) is 6.20. The molecule has 9 heteroatoms. The van der Waals surface area contributed by atoms with Gasteiger partial charge in [-0.2, -0.15) is 5.10 Å². The molecule has 0 spiro atoms. The lowest BCUT2D eigenvalue weighted by atomic mass is 10.2. The van der Waals surface area contributed by atoms with Gasteiger partial charge < -0.3 is 4.57 Å². The molecule has 0 atom stereocenters. The number of benzene rings is 2. The molecule has 2 aromatic carbocycles. The molecule has 0 aliphatic rings. The van der Waals surface area contributed by atoms with Crippen LogP contribution in [-0.4, -0.2) is 32.6 Å². The lowest BCUT2D eigenvalue weighted by Crippen LogP contribution is -2.19. The number of rotatable bonds is 6. The summed E-state index contributed by atoms with van der Waals surface area (Å²) in [6.45, 7) is 0. The third kappa shape index (κ3) is 5.15. The molecule has 3 aromatic rings. The fraction of sp³-hybridized carbons (Fsp3) is 0.111. The zero-order valence-electron chi connectivity index (χ0n) is 14.3. The Hall–Kier alpha value is -2.71. The summed E-state index contributed by atoms with van der Waals surface area (Å²) in [6, 6.07) is 13.1. The molecule has 0 fully saturated rings. The number of carbonyl (C=O) groups excluding carboxylic acids is 1. The molecule has 1 aromatic heterocycles. The molecule has 3 rings (SSSR count). The zero-order valence-corrected chi connectivity index (χ0v) is 15.8. The van der Waals surface area contributed by atoms with Crippen LogP contribution in [0.15, 0.2) is 58.8 Å². The molecule has 0 saturated carbocycles. The lowest BCUT2D eigenvalue weighted by molar-refractivity contribution is -0.118. The third-order valence-electron chi connectivity index (χ3n) is 3.52. The molecule has 1 amide bonds. The first-order valence-electron chi connectivity index (χ1n) is 7.88. The Bertz CT molecular complexity index is 974. The number of aromatic nitrogens is 3. The van der Waals surface area contributed by atoms with E-state index in [-0.39, 0.29) is 17.5 Å². The van der Waals surface area contributed by atoms with E-state index in [9.17, 15) is 9.18 Å². The quantitative estimate of drug-likeness (QED) is 0.388. The summed E-state index contributed by atoms with van der Waals surface area (Å²) in [7, 11) is 1.82. The Morgan fingerprint density at radius 3 is 2.81 bits per heavy atom. The van der Waals surface area contributed by atoms with E-state index in [1.807, 2.05) is 19.2 Å². The highest BCUT2D eigenvalue weighted by Crippen LogP contribution is 2.24. The van der Waals surface area contributed by atoms with E-state index >= 15 is 0 Å². The third-order valence-corrected chi connectivity index (χ3v) is 4.78. The number of nitrogens with zero attached hydrogens (tertiary/aromatic N) is 4. The van der Waals surface area contributed by atoms with Gasteiger partial charge in [0.15, 0.2) is 11.0 Å². The molecule has 0 aliphatic heterocycles. The van der Waals surface area contributed by atoms with Crippen LogP contribution in [0.25, 0.3) is 11.4 Å². The van der Waals surface area contributed by atoms with Crippen LogP contribution in [0, 0.1) is 5.82 Å². The second kappa shape index (κ2) is 8.79. The Morgan fingerprint density at radius 2 is 2.07 bits per heavy atom. The van der Waals surface area contributed by atoms with Crippen LogP contribution >= 0.6 is 23.4 Å². The summed E-state index contributed by atoms with van der Waals surface area (Å²) in [5.41, 5.74) is 3.95. The van der Waals surface area contributed by atoms with Crippen LogP contribution in [0.1, 0.15) is 5.56 Å². The number of hydrogen-bond acceptors (Lipinski definition) is 5. The number of thioether (sulfide) groups is 1. The first kappa shape index (κ1) is 19.1. The minimum atomic E-state index is -0.326. The number of amides is 1. The fourth-order valence-electron chi connectivity index (χ4n) is 2.21. The fourth-order valence-corrected chi connectivity index (χ4v) is 3.10. The van der Waals surface area contributed by atoms with Crippen molar-refractivity contribution in [1.82, 2.24) is 20.2 Å². The van der Waals surface area contributed by atoms with E-state index in [4.69, 9.17) is 11.6 Å². The first-order valence-corrected chi connectivity index (χ1v) is 9.25. The van der Waals surface area contributed by atoms with E-state index in [0.29, 0.717) is 21.6 Å². The van der Waals surface area contributed by atoms with E-state index in [2.05, 4.69) is 20.7 Å². The Labute approximate surface area is 164 Å². The smallest absolute Gasteiger partial charge is 0.250 e. The summed E-state index contributed by atoms with van der Waals surface area (Å²) >= 11 is 7.25. The standard InChI is InChI=1S/C18H15ClFN5OS/c1-25-17(13-3-2-4-14(19)9-13)23-24-18(25)27-11-16(26)22-21-10-12-5-7-15(20)8-6-12/h2-10H,11H2,1H3,(H,22,26)/b21-10-. The molecule has 0 aliphatic carbocycles. The average molecular weight is 404 g/mol. The van der Waals surface area contributed by atoms with Crippen molar-refractivity contribution in [2.75, 3.05) is 5.75 Å². The maximum atomic E-state index is 12.8. The van der Waals surface area contributed by atoms with Crippen molar-refractivity contribution in [3.63, 3.8) is 0 Å². The Morgan fingerprint density at radius 1 is 1.30 bits per heavy atom. The van der Waals surface area contributed by atoms with Crippen molar-refractivity contribution in [3.8, 4) is 11.4 Å². The van der Waals surface area contributed by atoms with Gasteiger partial charge in [0.25, 0.3) is 5.91 Å². The van der Waals surface area contributed by atoms with Crippen LogP contribution in [0.5, 0.6) is 0 Å². The molecule has 0 radical (unpaired) electrons. The van der Waals surface area contributed by atoms with E-state index < -0.39 is 0 Å². The molecule has 6 nitrogen and oxygen atoms in total. The normalized spacial score (nSPS) is 11.1. The van der Waals surface area contributed by atoms with Crippen LogP contribution in [0.2, 0.25) is 5.02 Å². The van der Waals surface area contributed by atoms with Gasteiger partial charge in [0, 0.05) is 17.6 Å². The van der Waals surface area contributed by atoms with Crippen LogP contribution in [0.3, 0.4) is 0 Å². The highest BCUT2D eigenvalue weighted by molar-refractivity contribution is 7.99. The Balaban J connectivity index is 1.55. The van der Waals surface area contributed by atoms with Gasteiger partial charge >= 0.3 is 0 Å². The van der Waals surface area contributed by atoms with Gasteiger partial charge in [0.05, 0.1) is 12.0 Å². The van der Waals surface area contributed by atoms with Crippen molar-refractivity contribution in [2.24, 2.45) is 12.1 Å². The zero-order chi connectivity index (χ0) is 19.2. The molecule has 138 valence electrons. The summed E-state index contributed by atoms with van der Waals surface area (Å²) in [5, 5.41) is 13.3.